The third-order valence-corrected chi connectivity index (χ3v) is 6.20. The zero-order valence-corrected chi connectivity index (χ0v) is 16.5. The fourth-order valence-corrected chi connectivity index (χ4v) is 4.27. The van der Waals surface area contributed by atoms with Crippen molar-refractivity contribution in [2.75, 3.05) is 31.1 Å². The number of piperidine rings is 1. The third-order valence-electron chi connectivity index (χ3n) is 4.76. The van der Waals surface area contributed by atoms with E-state index in [1.54, 1.807) is 30.5 Å². The van der Waals surface area contributed by atoms with Crippen LogP contribution in [0.15, 0.2) is 53.6 Å². The average molecular weight is 390 g/mol. The summed E-state index contributed by atoms with van der Waals surface area (Å²) in [5, 5.41) is 0. The van der Waals surface area contributed by atoms with Gasteiger partial charge in [-0.25, -0.2) is 18.1 Å². The topological polar surface area (TPSA) is 71.5 Å². The van der Waals surface area contributed by atoms with E-state index < -0.39 is 10.0 Å². The van der Waals surface area contributed by atoms with E-state index in [9.17, 15) is 8.42 Å². The second-order valence-corrected chi connectivity index (χ2v) is 8.56. The standard InChI is InChI=1S/C20H27N3O3S/c1-2-15-26-18-6-8-19(9-7-18)27(24,25)22-16-17-10-13-23(14-11-17)20-5-3-4-12-21-20/h3-9,12,17,22H,2,10-11,13-16H2,1H3. The van der Waals surface area contributed by atoms with E-state index in [-0.39, 0.29) is 4.90 Å². The van der Waals surface area contributed by atoms with E-state index in [0.29, 0.717) is 24.8 Å². The molecule has 1 aromatic heterocycles. The Kier molecular flexibility index (Phi) is 6.68. The molecule has 0 bridgehead atoms. The SMILES string of the molecule is CCCOc1ccc(S(=O)(=O)NCC2CCN(c3ccccn3)CC2)cc1. The van der Waals surface area contributed by atoms with Crippen molar-refractivity contribution in [3.63, 3.8) is 0 Å². The molecular weight excluding hydrogens is 362 g/mol. The highest BCUT2D eigenvalue weighted by Gasteiger charge is 2.22. The van der Waals surface area contributed by atoms with E-state index in [2.05, 4.69) is 14.6 Å². The predicted octanol–water partition coefficient (Wildman–Crippen LogP) is 3.07. The van der Waals surface area contributed by atoms with Crippen molar-refractivity contribution in [1.29, 1.82) is 0 Å². The average Bonchev–Trinajstić information content (AvgIpc) is 2.72. The highest BCUT2D eigenvalue weighted by molar-refractivity contribution is 7.89. The first-order valence-electron chi connectivity index (χ1n) is 9.47. The minimum atomic E-state index is -3.49. The van der Waals surface area contributed by atoms with Crippen LogP contribution in [0.2, 0.25) is 0 Å². The van der Waals surface area contributed by atoms with E-state index in [1.165, 1.54) is 0 Å². The van der Waals surface area contributed by atoms with Crippen LogP contribution in [0, 0.1) is 5.92 Å². The van der Waals surface area contributed by atoms with Crippen LogP contribution in [-0.2, 0) is 10.0 Å². The molecule has 7 heteroatoms. The molecule has 0 amide bonds. The summed E-state index contributed by atoms with van der Waals surface area (Å²) in [5.41, 5.74) is 0. The quantitative estimate of drug-likeness (QED) is 0.751. The molecular formula is C20H27N3O3S. The van der Waals surface area contributed by atoms with Gasteiger partial charge in [0.05, 0.1) is 11.5 Å². The fourth-order valence-electron chi connectivity index (χ4n) is 3.15. The summed E-state index contributed by atoms with van der Waals surface area (Å²) in [5.74, 6) is 2.02. The minimum Gasteiger partial charge on any atom is -0.494 e. The molecule has 3 rings (SSSR count). The highest BCUT2D eigenvalue weighted by Crippen LogP contribution is 2.22. The minimum absolute atomic E-state index is 0.275. The van der Waals surface area contributed by atoms with Gasteiger partial charge in [0.1, 0.15) is 11.6 Å². The number of nitrogens with one attached hydrogen (secondary N) is 1. The normalized spacial score (nSPS) is 15.7. The zero-order chi connectivity index (χ0) is 19.1. The van der Waals surface area contributed by atoms with Gasteiger partial charge in [0.25, 0.3) is 0 Å². The maximum absolute atomic E-state index is 12.5. The van der Waals surface area contributed by atoms with Gasteiger partial charge in [0, 0.05) is 25.8 Å². The van der Waals surface area contributed by atoms with Crippen molar-refractivity contribution in [3.8, 4) is 5.75 Å². The van der Waals surface area contributed by atoms with Gasteiger partial charge in [-0.3, -0.25) is 0 Å². The van der Waals surface area contributed by atoms with Crippen LogP contribution in [-0.4, -0.2) is 39.6 Å². The smallest absolute Gasteiger partial charge is 0.240 e. The molecule has 0 saturated carbocycles. The predicted molar refractivity (Wildman–Crippen MR) is 107 cm³/mol. The first-order chi connectivity index (χ1) is 13.1. The van der Waals surface area contributed by atoms with E-state index >= 15 is 0 Å². The lowest BCUT2D eigenvalue weighted by Crippen LogP contribution is -2.39. The van der Waals surface area contributed by atoms with E-state index in [1.807, 2.05) is 25.1 Å². The number of pyridine rings is 1. The summed E-state index contributed by atoms with van der Waals surface area (Å²) < 4.78 is 33.3. The lowest BCUT2D eigenvalue weighted by molar-refractivity contribution is 0.317. The number of rotatable bonds is 8. The molecule has 1 fully saturated rings. The Bertz CT molecular complexity index is 802. The van der Waals surface area contributed by atoms with Gasteiger partial charge in [-0.2, -0.15) is 0 Å². The zero-order valence-electron chi connectivity index (χ0n) is 15.7. The second kappa shape index (κ2) is 9.19. The molecule has 0 unspecified atom stereocenters. The van der Waals surface area contributed by atoms with Gasteiger partial charge in [0.2, 0.25) is 10.0 Å². The molecule has 1 N–H and O–H groups in total. The molecule has 27 heavy (non-hydrogen) atoms. The van der Waals surface area contributed by atoms with Gasteiger partial charge in [0.15, 0.2) is 0 Å². The van der Waals surface area contributed by atoms with Crippen molar-refractivity contribution in [2.45, 2.75) is 31.1 Å². The number of sulfonamides is 1. The van der Waals surface area contributed by atoms with Gasteiger partial charge < -0.3 is 9.64 Å². The third kappa shape index (κ3) is 5.43. The van der Waals surface area contributed by atoms with Gasteiger partial charge >= 0.3 is 0 Å². The summed E-state index contributed by atoms with van der Waals surface area (Å²) in [4.78, 5) is 6.91. The Morgan fingerprint density at radius 2 is 1.89 bits per heavy atom. The lowest BCUT2D eigenvalue weighted by Gasteiger charge is -2.32. The van der Waals surface area contributed by atoms with Crippen molar-refractivity contribution >= 4 is 15.8 Å². The summed E-state index contributed by atoms with van der Waals surface area (Å²) in [6.45, 7) is 4.91. The Hall–Kier alpha value is -2.12. The molecule has 2 heterocycles. The lowest BCUT2D eigenvalue weighted by atomic mass is 9.97. The molecule has 2 aromatic rings. The van der Waals surface area contributed by atoms with Crippen LogP contribution < -0.4 is 14.4 Å². The van der Waals surface area contributed by atoms with Crippen molar-refractivity contribution in [1.82, 2.24) is 9.71 Å². The van der Waals surface area contributed by atoms with E-state index in [0.717, 1.165) is 38.2 Å². The van der Waals surface area contributed by atoms with Crippen molar-refractivity contribution < 1.29 is 13.2 Å². The van der Waals surface area contributed by atoms with Crippen LogP contribution in [0.3, 0.4) is 0 Å². The molecule has 1 saturated heterocycles. The van der Waals surface area contributed by atoms with Crippen molar-refractivity contribution in [3.05, 3.63) is 48.7 Å². The molecule has 0 radical (unpaired) electrons. The maximum Gasteiger partial charge on any atom is 0.240 e. The molecule has 0 atom stereocenters. The summed E-state index contributed by atoms with van der Waals surface area (Å²) in [6.07, 6.45) is 4.61. The highest BCUT2D eigenvalue weighted by atomic mass is 32.2. The number of anilines is 1. The van der Waals surface area contributed by atoms with Gasteiger partial charge in [-0.15, -0.1) is 0 Å². The van der Waals surface area contributed by atoms with Crippen LogP contribution >= 0.6 is 0 Å². The first-order valence-corrected chi connectivity index (χ1v) is 11.0. The number of benzene rings is 1. The van der Waals surface area contributed by atoms with Crippen LogP contribution in [0.25, 0.3) is 0 Å². The first kappa shape index (κ1) is 19.6. The Morgan fingerprint density at radius 1 is 1.15 bits per heavy atom. The molecule has 1 aromatic carbocycles. The largest absolute Gasteiger partial charge is 0.494 e. The monoisotopic (exact) mass is 389 g/mol. The molecule has 146 valence electrons. The number of ether oxygens (including phenoxy) is 1. The second-order valence-electron chi connectivity index (χ2n) is 6.79. The maximum atomic E-state index is 12.5. The van der Waals surface area contributed by atoms with Crippen LogP contribution in [0.1, 0.15) is 26.2 Å². The number of hydrogen-bond donors (Lipinski definition) is 1. The van der Waals surface area contributed by atoms with Crippen molar-refractivity contribution in [2.24, 2.45) is 5.92 Å². The fraction of sp³-hybridized carbons (Fsp3) is 0.450. The van der Waals surface area contributed by atoms with Gasteiger partial charge in [-0.05, 0) is 61.6 Å². The number of nitrogens with zero attached hydrogens (tertiary/aromatic N) is 2. The Morgan fingerprint density at radius 3 is 2.52 bits per heavy atom. The van der Waals surface area contributed by atoms with Crippen LogP contribution in [0.5, 0.6) is 5.75 Å². The molecule has 1 aliphatic heterocycles. The number of hydrogen-bond acceptors (Lipinski definition) is 5. The van der Waals surface area contributed by atoms with Crippen LogP contribution in [0.4, 0.5) is 5.82 Å². The van der Waals surface area contributed by atoms with Gasteiger partial charge in [-0.1, -0.05) is 13.0 Å². The molecule has 0 spiro atoms. The Balaban J connectivity index is 1.49. The molecule has 6 nitrogen and oxygen atoms in total. The summed E-state index contributed by atoms with van der Waals surface area (Å²) >= 11 is 0. The summed E-state index contributed by atoms with van der Waals surface area (Å²) in [7, 11) is -3.49. The van der Waals surface area contributed by atoms with E-state index in [4.69, 9.17) is 4.74 Å². The number of aromatic nitrogens is 1. The Labute approximate surface area is 161 Å². The molecule has 1 aliphatic rings. The summed E-state index contributed by atoms with van der Waals surface area (Å²) in [6, 6.07) is 12.5. The molecule has 0 aliphatic carbocycles.